The summed E-state index contributed by atoms with van der Waals surface area (Å²) in [5, 5.41) is 17.8. The lowest BCUT2D eigenvalue weighted by molar-refractivity contribution is -0.145. The summed E-state index contributed by atoms with van der Waals surface area (Å²) in [6.07, 6.45) is -0.229. The van der Waals surface area contributed by atoms with Crippen molar-refractivity contribution < 1.29 is 15.0 Å². The molecule has 0 spiro atoms. The second kappa shape index (κ2) is 7.14. The number of carbonyl (C=O) groups is 1. The molecule has 0 bridgehead atoms. The average Bonchev–Trinajstić information content (AvgIpc) is 2.57. The molecule has 1 aromatic heterocycles. The fraction of sp³-hybridized carbons (Fsp3) is 0.222. The monoisotopic (exact) mass is 327 g/mol. The van der Waals surface area contributed by atoms with Gasteiger partial charge in [-0.05, 0) is 43.2 Å². The highest BCUT2D eigenvalue weighted by atomic mass is 16.4. The van der Waals surface area contributed by atoms with Gasteiger partial charge in [0.15, 0.2) is 0 Å². The smallest absolute Gasteiger partial charge is 0.332 e. The quantitative estimate of drug-likeness (QED) is 0.424. The summed E-state index contributed by atoms with van der Waals surface area (Å²) in [7, 11) is 0. The summed E-state index contributed by atoms with van der Waals surface area (Å²) >= 11 is 0. The van der Waals surface area contributed by atoms with E-state index in [1.54, 1.807) is 6.07 Å². The molecule has 6 nitrogen and oxygen atoms in total. The van der Waals surface area contributed by atoms with Gasteiger partial charge in [-0.2, -0.15) is 0 Å². The van der Waals surface area contributed by atoms with Crippen molar-refractivity contribution in [1.82, 2.24) is 4.98 Å². The van der Waals surface area contributed by atoms with Crippen LogP contribution < -0.4 is 11.5 Å². The third-order valence-corrected chi connectivity index (χ3v) is 3.67. The molecule has 126 valence electrons. The second-order valence-corrected chi connectivity index (χ2v) is 5.52. The first-order valence-electron chi connectivity index (χ1n) is 7.61. The Balaban J connectivity index is 0.000000301. The molecule has 24 heavy (non-hydrogen) atoms. The van der Waals surface area contributed by atoms with Crippen LogP contribution in [-0.2, 0) is 11.2 Å². The van der Waals surface area contributed by atoms with E-state index in [4.69, 9.17) is 21.7 Å². The number of carboxylic acids is 1. The van der Waals surface area contributed by atoms with Gasteiger partial charge in [-0.25, -0.2) is 9.78 Å². The first-order valence-corrected chi connectivity index (χ1v) is 7.61. The second-order valence-electron chi connectivity index (χ2n) is 5.52. The zero-order valence-electron chi connectivity index (χ0n) is 13.7. The van der Waals surface area contributed by atoms with Crippen molar-refractivity contribution in [2.75, 3.05) is 11.5 Å². The summed E-state index contributed by atoms with van der Waals surface area (Å²) in [4.78, 5) is 14.1. The molecule has 6 heteroatoms. The number of rotatable bonds is 2. The van der Waals surface area contributed by atoms with Crippen LogP contribution in [0.3, 0.4) is 0 Å². The van der Waals surface area contributed by atoms with Crippen molar-refractivity contribution in [3.63, 3.8) is 0 Å². The summed E-state index contributed by atoms with van der Waals surface area (Å²) in [6.45, 7) is 3.33. The van der Waals surface area contributed by atoms with Crippen LogP contribution in [0, 0.1) is 0 Å². The lowest BCUT2D eigenvalue weighted by Gasteiger charge is -2.07. The van der Waals surface area contributed by atoms with Crippen molar-refractivity contribution in [2.24, 2.45) is 0 Å². The minimum absolute atomic E-state index is 0.669. The maximum absolute atomic E-state index is 9.45. The highest BCUT2D eigenvalue weighted by Gasteiger charge is 2.06. The minimum atomic E-state index is -1.23. The number of hydrogen-bond donors (Lipinski definition) is 4. The van der Waals surface area contributed by atoms with Gasteiger partial charge >= 0.3 is 5.97 Å². The molecule has 0 saturated carbocycles. The first kappa shape index (κ1) is 17.5. The lowest BCUT2D eigenvalue weighted by atomic mass is 10.1. The topological polar surface area (TPSA) is 122 Å². The van der Waals surface area contributed by atoms with Crippen molar-refractivity contribution in [1.29, 1.82) is 0 Å². The number of aliphatic hydroxyl groups excluding tert-OH is 1. The van der Waals surface area contributed by atoms with Crippen LogP contribution in [0.2, 0.25) is 0 Å². The van der Waals surface area contributed by atoms with Gasteiger partial charge in [0.2, 0.25) is 0 Å². The van der Waals surface area contributed by atoms with Gasteiger partial charge in [-0.15, -0.1) is 0 Å². The van der Waals surface area contributed by atoms with E-state index in [1.165, 1.54) is 12.5 Å². The number of nitrogen functional groups attached to an aromatic ring is 2. The fourth-order valence-corrected chi connectivity index (χ4v) is 2.22. The molecule has 6 N–H and O–H groups in total. The first-order chi connectivity index (χ1) is 11.3. The number of aryl methyl sites for hydroxylation is 1. The highest BCUT2D eigenvalue weighted by molar-refractivity contribution is 6.03. The Hall–Kier alpha value is -2.86. The molecule has 0 amide bonds. The van der Waals surface area contributed by atoms with E-state index in [0.29, 0.717) is 11.4 Å². The van der Waals surface area contributed by atoms with E-state index < -0.39 is 12.1 Å². The third-order valence-electron chi connectivity index (χ3n) is 3.67. The molecule has 0 aliphatic carbocycles. The molecule has 2 aromatic carbocycles. The predicted octanol–water partition coefficient (Wildman–Crippen LogP) is 2.57. The Labute approximate surface area is 139 Å². The number of aromatic nitrogens is 1. The molecule has 1 atom stereocenters. The molecule has 0 aliphatic rings. The molecule has 3 rings (SSSR count). The minimum Gasteiger partial charge on any atom is -0.479 e. The van der Waals surface area contributed by atoms with Crippen LogP contribution in [0.4, 0.5) is 11.4 Å². The summed E-state index contributed by atoms with van der Waals surface area (Å²) in [5.74, 6) is -1.19. The standard InChI is InChI=1S/C15H15N3.C3H6O3/c1-2-9-3-4-10-8-11-12(16)5-6-13(17)15(11)18-14(10)7-9;1-2(4)3(5)6/h3-8H,2,16-17H2,1H3;2,4H,1H3,(H,5,6). The molecular formula is C18H21N3O3. The predicted molar refractivity (Wildman–Crippen MR) is 96.8 cm³/mol. The number of carboxylic acid groups (broad SMARTS) is 1. The third kappa shape index (κ3) is 3.72. The largest absolute Gasteiger partial charge is 0.479 e. The van der Waals surface area contributed by atoms with E-state index in [2.05, 4.69) is 36.2 Å². The molecular weight excluding hydrogens is 306 g/mol. The SMILES string of the molecule is CC(O)C(=O)O.CCc1ccc2cc3c(N)ccc(N)c3nc2c1. The lowest BCUT2D eigenvalue weighted by Crippen LogP contribution is -2.13. The molecule has 3 aromatic rings. The van der Waals surface area contributed by atoms with E-state index in [1.807, 2.05) is 6.07 Å². The normalized spacial score (nSPS) is 11.8. The van der Waals surface area contributed by atoms with E-state index >= 15 is 0 Å². The van der Waals surface area contributed by atoms with Crippen molar-refractivity contribution in [3.05, 3.63) is 42.0 Å². The maximum atomic E-state index is 9.45. The van der Waals surface area contributed by atoms with Crippen LogP contribution in [-0.4, -0.2) is 27.3 Å². The molecule has 0 saturated heterocycles. The fourth-order valence-electron chi connectivity index (χ4n) is 2.22. The molecule has 0 aliphatic heterocycles. The van der Waals surface area contributed by atoms with E-state index in [-0.39, 0.29) is 0 Å². The van der Waals surface area contributed by atoms with Gasteiger partial charge < -0.3 is 21.7 Å². The average molecular weight is 327 g/mol. The van der Waals surface area contributed by atoms with Crippen molar-refractivity contribution in [3.8, 4) is 0 Å². The maximum Gasteiger partial charge on any atom is 0.332 e. The Morgan fingerprint density at radius 1 is 1.17 bits per heavy atom. The summed E-state index contributed by atoms with van der Waals surface area (Å²) < 4.78 is 0. The Morgan fingerprint density at radius 3 is 2.38 bits per heavy atom. The van der Waals surface area contributed by atoms with Gasteiger partial charge in [0, 0.05) is 16.5 Å². The van der Waals surface area contributed by atoms with Crippen LogP contribution in [0.15, 0.2) is 36.4 Å². The van der Waals surface area contributed by atoms with Crippen LogP contribution in [0.5, 0.6) is 0 Å². The highest BCUT2D eigenvalue weighted by Crippen LogP contribution is 2.28. The van der Waals surface area contributed by atoms with Gasteiger partial charge in [0.05, 0.1) is 16.7 Å². The van der Waals surface area contributed by atoms with Gasteiger partial charge in [-0.1, -0.05) is 19.1 Å². The number of aliphatic carboxylic acids is 1. The number of pyridine rings is 1. The summed E-state index contributed by atoms with van der Waals surface area (Å²) in [6, 6.07) is 12.0. The Kier molecular flexibility index (Phi) is 5.21. The van der Waals surface area contributed by atoms with E-state index in [0.717, 1.165) is 28.2 Å². The number of nitrogens with zero attached hydrogens (tertiary/aromatic N) is 1. The van der Waals surface area contributed by atoms with Gasteiger partial charge in [-0.3, -0.25) is 0 Å². The van der Waals surface area contributed by atoms with E-state index in [9.17, 15) is 4.79 Å². The number of nitrogens with two attached hydrogens (primary N) is 2. The zero-order valence-corrected chi connectivity index (χ0v) is 13.7. The van der Waals surface area contributed by atoms with Crippen LogP contribution in [0.25, 0.3) is 21.8 Å². The number of benzene rings is 2. The number of anilines is 2. The number of aliphatic hydroxyl groups is 1. The van der Waals surface area contributed by atoms with Crippen LogP contribution >= 0.6 is 0 Å². The van der Waals surface area contributed by atoms with Crippen molar-refractivity contribution in [2.45, 2.75) is 26.4 Å². The van der Waals surface area contributed by atoms with Crippen LogP contribution in [0.1, 0.15) is 19.4 Å². The summed E-state index contributed by atoms with van der Waals surface area (Å²) in [5.41, 5.74) is 16.4. The molecule has 0 radical (unpaired) electrons. The number of hydrogen-bond acceptors (Lipinski definition) is 5. The number of fused-ring (bicyclic) bond motifs is 2. The van der Waals surface area contributed by atoms with Gasteiger partial charge in [0.1, 0.15) is 6.10 Å². The Morgan fingerprint density at radius 2 is 1.79 bits per heavy atom. The van der Waals surface area contributed by atoms with Gasteiger partial charge in [0.25, 0.3) is 0 Å². The van der Waals surface area contributed by atoms with Crippen molar-refractivity contribution >= 4 is 39.1 Å². The molecule has 1 heterocycles. The Bertz CT molecular complexity index is 891. The zero-order chi connectivity index (χ0) is 17.9. The molecule has 0 fully saturated rings. The molecule has 1 unspecified atom stereocenters.